The van der Waals surface area contributed by atoms with Gasteiger partial charge in [0.2, 0.25) is 0 Å². The van der Waals surface area contributed by atoms with Crippen LogP contribution in [-0.4, -0.2) is 81.8 Å². The maximum absolute atomic E-state index is 5.94. The quantitative estimate of drug-likeness (QED) is 0.571. The van der Waals surface area contributed by atoms with Crippen molar-refractivity contribution in [2.45, 2.75) is 56.1 Å². The van der Waals surface area contributed by atoms with Gasteiger partial charge in [-0.1, -0.05) is 5.21 Å². The minimum Gasteiger partial charge on any atom is -0.382 e. The Bertz CT molecular complexity index is 533. The van der Waals surface area contributed by atoms with Gasteiger partial charge in [0.25, 0.3) is 0 Å². The van der Waals surface area contributed by atoms with E-state index in [1.165, 1.54) is 0 Å². The van der Waals surface area contributed by atoms with Crippen molar-refractivity contribution in [1.82, 2.24) is 15.0 Å². The van der Waals surface area contributed by atoms with Crippen LogP contribution < -0.4 is 0 Å². The summed E-state index contributed by atoms with van der Waals surface area (Å²) in [6.07, 6.45) is 5.05. The van der Waals surface area contributed by atoms with Gasteiger partial charge >= 0.3 is 0 Å². The molecule has 1 aromatic rings. The molecule has 0 saturated carbocycles. The third-order valence-corrected chi connectivity index (χ3v) is 5.01. The maximum Gasteiger partial charge on any atom is 0.139 e. The number of hydrogen-bond donors (Lipinski definition) is 0. The summed E-state index contributed by atoms with van der Waals surface area (Å²) < 4.78 is 24.6. The summed E-state index contributed by atoms with van der Waals surface area (Å²) in [7, 11) is 7.65. The van der Waals surface area contributed by atoms with Crippen LogP contribution in [0.15, 0.2) is 6.20 Å². The van der Waals surface area contributed by atoms with E-state index in [0.717, 1.165) is 31.5 Å². The zero-order valence-electron chi connectivity index (χ0n) is 15.1. The lowest BCUT2D eigenvalue weighted by atomic mass is 9.91. The first-order valence-corrected chi connectivity index (χ1v) is 8.80. The van der Waals surface area contributed by atoms with Crippen LogP contribution in [-0.2, 0) is 31.9 Å². The molecule has 2 aliphatic rings. The van der Waals surface area contributed by atoms with Crippen LogP contribution in [0.1, 0.15) is 18.5 Å². The van der Waals surface area contributed by atoms with Crippen molar-refractivity contribution in [1.29, 1.82) is 0 Å². The fourth-order valence-electron chi connectivity index (χ4n) is 3.89. The van der Waals surface area contributed by atoms with E-state index in [4.69, 9.17) is 18.9 Å². The molecule has 2 fully saturated rings. The lowest BCUT2D eigenvalue weighted by Crippen LogP contribution is -2.26. The lowest BCUT2D eigenvalue weighted by molar-refractivity contribution is 0.00645. The molecule has 0 N–H and O–H groups in total. The Balaban J connectivity index is 1.57. The lowest BCUT2D eigenvalue weighted by Gasteiger charge is -2.17. The van der Waals surface area contributed by atoms with E-state index in [1.54, 1.807) is 14.2 Å². The molecule has 6 atom stereocenters. The van der Waals surface area contributed by atoms with Crippen molar-refractivity contribution in [3.05, 3.63) is 11.9 Å². The summed E-state index contributed by atoms with van der Waals surface area (Å²) in [5, 5.41) is 8.60. The van der Waals surface area contributed by atoms with Crippen molar-refractivity contribution >= 4 is 15.7 Å². The third-order valence-electron chi connectivity index (χ3n) is 5.01. The molecule has 2 saturated heterocycles. The van der Waals surface area contributed by atoms with Gasteiger partial charge in [0.05, 0.1) is 30.6 Å². The molecule has 0 spiro atoms. The highest BCUT2D eigenvalue weighted by Gasteiger charge is 2.35. The average molecular weight is 335 g/mol. The molecule has 3 rings (SSSR count). The van der Waals surface area contributed by atoms with Crippen molar-refractivity contribution in [3.63, 3.8) is 0 Å². The summed E-state index contributed by atoms with van der Waals surface area (Å²) in [4.78, 5) is 0. The fraction of sp³-hybridized carbons (Fsp3) is 0.867. The number of rotatable bonds is 7. The van der Waals surface area contributed by atoms with Gasteiger partial charge in [-0.05, 0) is 12.8 Å². The monoisotopic (exact) mass is 335 g/mol. The summed E-state index contributed by atoms with van der Waals surface area (Å²) in [6, 6.07) is 0.510. The molecule has 132 valence electrons. The van der Waals surface area contributed by atoms with Crippen LogP contribution in [0.4, 0.5) is 0 Å². The Labute approximate surface area is 145 Å². The van der Waals surface area contributed by atoms with E-state index < -0.39 is 0 Å². The Morgan fingerprint density at radius 2 is 1.96 bits per heavy atom. The van der Waals surface area contributed by atoms with Crippen LogP contribution >= 0.6 is 0 Å². The topological polar surface area (TPSA) is 67.6 Å². The van der Waals surface area contributed by atoms with Gasteiger partial charge < -0.3 is 18.9 Å². The van der Waals surface area contributed by atoms with Gasteiger partial charge in [-0.15, -0.1) is 5.10 Å². The van der Waals surface area contributed by atoms with Crippen LogP contribution in [0.25, 0.3) is 0 Å². The second kappa shape index (κ2) is 7.99. The fourth-order valence-corrected chi connectivity index (χ4v) is 3.89. The van der Waals surface area contributed by atoms with Gasteiger partial charge in [0.15, 0.2) is 0 Å². The van der Waals surface area contributed by atoms with Crippen molar-refractivity contribution in [2.24, 2.45) is 5.92 Å². The molecular formula is C15H27B2N3O4. The molecule has 0 amide bonds. The van der Waals surface area contributed by atoms with E-state index in [-0.39, 0.29) is 30.3 Å². The Hall–Kier alpha value is -0.890. The van der Waals surface area contributed by atoms with E-state index >= 15 is 0 Å². The molecule has 0 radical (unpaired) electrons. The summed E-state index contributed by atoms with van der Waals surface area (Å²) >= 11 is 0. The molecule has 0 bridgehead atoms. The molecule has 1 aromatic heterocycles. The highest BCUT2D eigenvalue weighted by molar-refractivity contribution is 6.11. The van der Waals surface area contributed by atoms with Gasteiger partial charge in [-0.2, -0.15) is 0 Å². The minimum atomic E-state index is 0.0613. The number of hydrogen-bond acceptors (Lipinski definition) is 6. The standard InChI is InChI=1S/C15H27B2N3O4/c1-21-8-13-9(3-14(16)24-13)6-20-7-10(18-19-20)4-12-11(22-2)5-15(17)23-12/h7,9,11-15H,3-6,8,16-17H2,1-2H3/t9?,11?,12-,13-,14-,15-/m1/s1. The molecule has 2 aliphatic heterocycles. The average Bonchev–Trinajstić information content (AvgIpc) is 3.21. The first-order valence-electron chi connectivity index (χ1n) is 8.80. The number of ether oxygens (including phenoxy) is 4. The van der Waals surface area contributed by atoms with Gasteiger partial charge in [0.1, 0.15) is 15.7 Å². The van der Waals surface area contributed by atoms with Gasteiger partial charge in [-0.3, -0.25) is 4.68 Å². The molecule has 0 aliphatic carbocycles. The molecule has 7 nitrogen and oxygen atoms in total. The zero-order valence-corrected chi connectivity index (χ0v) is 15.1. The van der Waals surface area contributed by atoms with Crippen LogP contribution in [0.5, 0.6) is 0 Å². The highest BCUT2D eigenvalue weighted by atomic mass is 16.6. The summed E-state index contributed by atoms with van der Waals surface area (Å²) in [5.41, 5.74) is 0.950. The van der Waals surface area contributed by atoms with Crippen LogP contribution in [0.2, 0.25) is 0 Å². The molecule has 2 unspecified atom stereocenters. The Morgan fingerprint density at radius 3 is 2.71 bits per heavy atom. The summed E-state index contributed by atoms with van der Waals surface area (Å²) in [6.45, 7) is 1.43. The van der Waals surface area contributed by atoms with Crippen LogP contribution in [0, 0.1) is 5.92 Å². The molecule has 24 heavy (non-hydrogen) atoms. The predicted molar refractivity (Wildman–Crippen MR) is 93.5 cm³/mol. The van der Waals surface area contributed by atoms with Gasteiger partial charge in [0, 0.05) is 51.3 Å². The largest absolute Gasteiger partial charge is 0.382 e. The predicted octanol–water partition coefficient (Wildman–Crippen LogP) is -1.41. The van der Waals surface area contributed by atoms with E-state index in [1.807, 2.05) is 10.9 Å². The first kappa shape index (κ1) is 17.9. The second-order valence-electron chi connectivity index (χ2n) is 7.07. The molecule has 3 heterocycles. The summed E-state index contributed by atoms with van der Waals surface area (Å²) in [5.74, 6) is 0.406. The molecule has 0 aromatic carbocycles. The van der Waals surface area contributed by atoms with Crippen molar-refractivity contribution < 1.29 is 18.9 Å². The van der Waals surface area contributed by atoms with E-state index in [9.17, 15) is 0 Å². The second-order valence-corrected chi connectivity index (χ2v) is 7.07. The zero-order chi connectivity index (χ0) is 17.1. The minimum absolute atomic E-state index is 0.0613. The number of methoxy groups -OCH3 is 2. The van der Waals surface area contributed by atoms with Crippen molar-refractivity contribution in [2.75, 3.05) is 20.8 Å². The van der Waals surface area contributed by atoms with E-state index in [2.05, 4.69) is 26.0 Å². The third kappa shape index (κ3) is 4.20. The smallest absolute Gasteiger partial charge is 0.139 e. The van der Waals surface area contributed by atoms with Gasteiger partial charge in [-0.25, -0.2) is 0 Å². The normalized spacial score (nSPS) is 36.4. The molecular weight excluding hydrogens is 308 g/mol. The number of aromatic nitrogens is 3. The molecule has 9 heteroatoms. The van der Waals surface area contributed by atoms with Crippen LogP contribution in [0.3, 0.4) is 0 Å². The van der Waals surface area contributed by atoms with E-state index in [0.29, 0.717) is 12.5 Å². The Morgan fingerprint density at radius 1 is 1.21 bits per heavy atom. The van der Waals surface area contributed by atoms with Crippen molar-refractivity contribution in [3.8, 4) is 0 Å². The number of nitrogens with zero attached hydrogens (tertiary/aromatic N) is 3. The SMILES string of the molecule is B[C@H]1CC(Cn2cc(C[C@H]3O[C@@H](B)CC3OC)nn2)[C@@H](COC)O1. The first-order chi connectivity index (χ1) is 11.6. The Kier molecular flexibility index (Phi) is 5.97. The highest BCUT2D eigenvalue weighted by Crippen LogP contribution is 2.27. The maximum atomic E-state index is 5.94.